The highest BCUT2D eigenvalue weighted by Crippen LogP contribution is 2.50. The van der Waals surface area contributed by atoms with Crippen molar-refractivity contribution >= 4 is 68.7 Å². The minimum atomic E-state index is -0.465. The molecule has 0 nitrogen and oxygen atoms in total. The Morgan fingerprint density at radius 1 is 0.611 bits per heavy atom. The van der Waals surface area contributed by atoms with Crippen LogP contribution in [0.3, 0.4) is 0 Å². The van der Waals surface area contributed by atoms with Crippen molar-refractivity contribution in [2.24, 2.45) is 5.92 Å². The topological polar surface area (TPSA) is 0 Å². The molecule has 0 N–H and O–H groups in total. The normalized spacial score (nSPS) is 16.6. The molecule has 4 aromatic rings. The van der Waals surface area contributed by atoms with E-state index in [4.69, 9.17) is 37.9 Å². The summed E-state index contributed by atoms with van der Waals surface area (Å²) in [6.45, 7) is 2.28. The summed E-state index contributed by atoms with van der Waals surface area (Å²) in [6, 6.07) is 29.1. The van der Waals surface area contributed by atoms with Crippen LogP contribution in [0.1, 0.15) is 23.6 Å². The standard InChI is InChI=1S/C31H26S5/c1-31(30-28(35)3-2-4-29(30)36,23-11-5-21(17-23)19-6-12-24(32)13-7-19)26-18-22(10-16-27(26)34)20-8-14-25(33)15-9-20/h2-18,23,32-36H,1H3. The highest BCUT2D eigenvalue weighted by atomic mass is 32.1. The lowest BCUT2D eigenvalue weighted by Crippen LogP contribution is -2.32. The van der Waals surface area contributed by atoms with Crippen molar-refractivity contribution in [2.45, 2.75) is 36.8 Å². The average molecular weight is 559 g/mol. The van der Waals surface area contributed by atoms with E-state index in [2.05, 4.69) is 92.9 Å². The number of allylic oxidation sites excluding steroid dienone is 4. The average Bonchev–Trinajstić information content (AvgIpc) is 3.36. The fourth-order valence-corrected chi connectivity index (χ4v) is 6.68. The third-order valence-electron chi connectivity index (χ3n) is 7.01. The largest absolute Gasteiger partial charge is 0.143 e. The summed E-state index contributed by atoms with van der Waals surface area (Å²) in [6.07, 6.45) is 6.84. The van der Waals surface area contributed by atoms with Gasteiger partial charge in [0, 0.05) is 35.8 Å². The Kier molecular flexibility index (Phi) is 7.49. The van der Waals surface area contributed by atoms with E-state index in [1.807, 2.05) is 42.5 Å². The molecule has 2 atom stereocenters. The first-order chi connectivity index (χ1) is 17.3. The van der Waals surface area contributed by atoms with Gasteiger partial charge in [0.05, 0.1) is 0 Å². The van der Waals surface area contributed by atoms with Gasteiger partial charge in [-0.2, -0.15) is 0 Å². The summed E-state index contributed by atoms with van der Waals surface area (Å²) in [4.78, 5) is 4.66. The van der Waals surface area contributed by atoms with E-state index in [1.54, 1.807) is 0 Å². The predicted molar refractivity (Wildman–Crippen MR) is 168 cm³/mol. The Morgan fingerprint density at radius 3 is 1.78 bits per heavy atom. The highest BCUT2D eigenvalue weighted by molar-refractivity contribution is 7.81. The van der Waals surface area contributed by atoms with Crippen molar-refractivity contribution in [3.63, 3.8) is 0 Å². The minimum absolute atomic E-state index is 0.0725. The first-order valence-electron chi connectivity index (χ1n) is 11.6. The molecule has 0 saturated heterocycles. The summed E-state index contributed by atoms with van der Waals surface area (Å²) in [5, 5.41) is 0. The summed E-state index contributed by atoms with van der Waals surface area (Å²) in [5.41, 5.74) is 6.40. The van der Waals surface area contributed by atoms with Gasteiger partial charge in [-0.1, -0.05) is 61.5 Å². The molecule has 0 bridgehead atoms. The summed E-state index contributed by atoms with van der Waals surface area (Å²) < 4.78 is 0. The van der Waals surface area contributed by atoms with Crippen molar-refractivity contribution in [2.75, 3.05) is 0 Å². The van der Waals surface area contributed by atoms with Crippen LogP contribution in [-0.2, 0) is 5.41 Å². The van der Waals surface area contributed by atoms with Crippen LogP contribution in [-0.4, -0.2) is 0 Å². The molecule has 5 rings (SSSR count). The quantitative estimate of drug-likeness (QED) is 0.148. The van der Waals surface area contributed by atoms with Crippen LogP contribution in [0.4, 0.5) is 0 Å². The van der Waals surface area contributed by atoms with Gasteiger partial charge in [0.1, 0.15) is 0 Å². The first kappa shape index (κ1) is 25.7. The van der Waals surface area contributed by atoms with Crippen molar-refractivity contribution in [1.29, 1.82) is 0 Å². The van der Waals surface area contributed by atoms with Gasteiger partial charge in [-0.25, -0.2) is 0 Å². The van der Waals surface area contributed by atoms with Crippen molar-refractivity contribution < 1.29 is 0 Å². The molecular formula is C31H26S5. The Labute approximate surface area is 241 Å². The zero-order chi connectivity index (χ0) is 25.4. The minimum Gasteiger partial charge on any atom is -0.143 e. The number of thiol groups is 5. The van der Waals surface area contributed by atoms with E-state index < -0.39 is 5.41 Å². The van der Waals surface area contributed by atoms with E-state index in [9.17, 15) is 0 Å². The van der Waals surface area contributed by atoms with Crippen LogP contribution in [0.5, 0.6) is 0 Å². The smallest absolute Gasteiger partial charge is 0.0305 e. The SMILES string of the molecule is CC(c1cc(-c2ccc(S)cc2)ccc1S)(c1c(S)cccc1S)C1C=CC(c2ccc(S)cc2)=C1. The third kappa shape index (κ3) is 4.84. The molecule has 0 amide bonds. The molecule has 0 saturated carbocycles. The molecule has 0 radical (unpaired) electrons. The Balaban J connectivity index is 1.71. The monoisotopic (exact) mass is 558 g/mol. The molecule has 4 aromatic carbocycles. The molecule has 36 heavy (non-hydrogen) atoms. The Morgan fingerprint density at radius 2 is 1.17 bits per heavy atom. The van der Waals surface area contributed by atoms with Crippen LogP contribution in [0, 0.1) is 5.92 Å². The summed E-state index contributed by atoms with van der Waals surface area (Å²) in [7, 11) is 0. The molecular weight excluding hydrogens is 533 g/mol. The maximum absolute atomic E-state index is 4.97. The maximum Gasteiger partial charge on any atom is 0.0305 e. The molecule has 0 fully saturated rings. The molecule has 180 valence electrons. The van der Waals surface area contributed by atoms with Gasteiger partial charge in [0.25, 0.3) is 0 Å². The van der Waals surface area contributed by atoms with Gasteiger partial charge >= 0.3 is 0 Å². The van der Waals surface area contributed by atoms with Crippen LogP contribution in [0.2, 0.25) is 0 Å². The van der Waals surface area contributed by atoms with Crippen molar-refractivity contribution in [3.05, 3.63) is 120 Å². The number of benzene rings is 4. The van der Waals surface area contributed by atoms with E-state index >= 15 is 0 Å². The van der Waals surface area contributed by atoms with Gasteiger partial charge < -0.3 is 0 Å². The summed E-state index contributed by atoms with van der Waals surface area (Å²) >= 11 is 23.7. The zero-order valence-electron chi connectivity index (χ0n) is 19.6. The van der Waals surface area contributed by atoms with Gasteiger partial charge in [0.15, 0.2) is 0 Å². The van der Waals surface area contributed by atoms with Gasteiger partial charge in [0.2, 0.25) is 0 Å². The molecule has 1 aliphatic rings. The molecule has 5 heteroatoms. The molecule has 0 aromatic heterocycles. The summed E-state index contributed by atoms with van der Waals surface area (Å²) in [5.74, 6) is 0.0725. The van der Waals surface area contributed by atoms with Crippen molar-refractivity contribution in [1.82, 2.24) is 0 Å². The Hall–Kier alpha value is -1.89. The second-order valence-corrected chi connectivity index (χ2v) is 11.7. The fourth-order valence-electron chi connectivity index (χ4n) is 5.04. The van der Waals surface area contributed by atoms with Gasteiger partial charge in [-0.05, 0) is 81.9 Å². The number of hydrogen-bond acceptors (Lipinski definition) is 5. The highest BCUT2D eigenvalue weighted by Gasteiger charge is 2.40. The predicted octanol–water partition coefficient (Wildman–Crippen LogP) is 9.37. The van der Waals surface area contributed by atoms with Crippen LogP contribution < -0.4 is 0 Å². The first-order valence-corrected chi connectivity index (χ1v) is 13.8. The lowest BCUT2D eigenvalue weighted by Gasteiger charge is -2.38. The van der Waals surface area contributed by atoms with E-state index in [0.29, 0.717) is 0 Å². The van der Waals surface area contributed by atoms with E-state index in [1.165, 1.54) is 11.1 Å². The molecule has 2 unspecified atom stereocenters. The van der Waals surface area contributed by atoms with E-state index in [0.717, 1.165) is 46.7 Å². The lowest BCUT2D eigenvalue weighted by atomic mass is 9.67. The maximum atomic E-state index is 4.97. The number of hydrogen-bond donors (Lipinski definition) is 5. The van der Waals surface area contributed by atoms with Gasteiger partial charge in [-0.15, -0.1) is 63.1 Å². The van der Waals surface area contributed by atoms with Crippen LogP contribution >= 0.6 is 63.1 Å². The molecule has 0 aliphatic heterocycles. The Bertz CT molecular complexity index is 1460. The fraction of sp³-hybridized carbons (Fsp3) is 0.0968. The molecule has 0 spiro atoms. The second kappa shape index (κ2) is 10.5. The van der Waals surface area contributed by atoms with Gasteiger partial charge in [-0.3, -0.25) is 0 Å². The lowest BCUT2D eigenvalue weighted by molar-refractivity contribution is 0.464. The van der Waals surface area contributed by atoms with Crippen molar-refractivity contribution in [3.8, 4) is 11.1 Å². The zero-order valence-corrected chi connectivity index (χ0v) is 24.1. The van der Waals surface area contributed by atoms with Crippen LogP contribution in [0.25, 0.3) is 16.7 Å². The molecule has 1 aliphatic carbocycles. The van der Waals surface area contributed by atoms with Crippen LogP contribution in [0.15, 0.2) is 128 Å². The van der Waals surface area contributed by atoms with E-state index in [-0.39, 0.29) is 5.92 Å². The second-order valence-electron chi connectivity index (χ2n) is 9.21. The third-order valence-corrected chi connectivity index (χ3v) is 8.74. The number of rotatable bonds is 5. The molecule has 0 heterocycles.